The number of nitrogens with two attached hydrogens (primary N) is 1. The number of hydrogen-bond donors (Lipinski definition) is 2. The highest BCUT2D eigenvalue weighted by atomic mass is 35.5. The van der Waals surface area contributed by atoms with E-state index in [0.29, 0.717) is 6.47 Å². The summed E-state index contributed by atoms with van der Waals surface area (Å²) in [4.78, 5) is 31.3. The van der Waals surface area contributed by atoms with Crippen molar-refractivity contribution in [2.24, 2.45) is 5.73 Å². The number of hydrogen-bond acceptors (Lipinski definition) is 5. The minimum atomic E-state index is -3.26. The molecule has 1 aliphatic carbocycles. The first kappa shape index (κ1) is 24.8. The van der Waals surface area contributed by atoms with Crippen LogP contribution in [-0.4, -0.2) is 38.4 Å². The Morgan fingerprint density at radius 3 is 1.96 bits per heavy atom. The minimum Gasteiger partial charge on any atom is -0.471 e. The highest BCUT2D eigenvalue weighted by Gasteiger charge is 2.45. The van der Waals surface area contributed by atoms with Gasteiger partial charge in [0.05, 0.1) is 7.11 Å². The van der Waals surface area contributed by atoms with E-state index in [0.717, 1.165) is 7.11 Å². The van der Waals surface area contributed by atoms with Crippen molar-refractivity contribution in [2.45, 2.75) is 25.1 Å². The molecule has 0 aromatic heterocycles. The summed E-state index contributed by atoms with van der Waals surface area (Å²) >= 11 is 11.4. The lowest BCUT2D eigenvalue weighted by molar-refractivity contribution is -0.173. The van der Waals surface area contributed by atoms with E-state index in [-0.39, 0.29) is 15.7 Å². The van der Waals surface area contributed by atoms with Crippen molar-refractivity contribution in [3.8, 4) is 0 Å². The first-order valence-electron chi connectivity index (χ1n) is 7.64. The zero-order valence-corrected chi connectivity index (χ0v) is 16.3. The van der Waals surface area contributed by atoms with Gasteiger partial charge in [-0.15, -0.1) is 0 Å². The summed E-state index contributed by atoms with van der Waals surface area (Å²) in [5.74, 6) is -6.18. The van der Waals surface area contributed by atoms with Crippen molar-refractivity contribution in [1.82, 2.24) is 0 Å². The number of benzene rings is 1. The van der Waals surface area contributed by atoms with Crippen LogP contribution in [0.4, 0.5) is 10.1 Å². The molecule has 0 fully saturated rings. The van der Waals surface area contributed by atoms with Gasteiger partial charge in [-0.25, -0.2) is 0 Å². The van der Waals surface area contributed by atoms with Gasteiger partial charge in [-0.2, -0.15) is 4.39 Å². The summed E-state index contributed by atoms with van der Waals surface area (Å²) in [5.41, 5.74) is 4.85. The highest BCUT2D eigenvalue weighted by Crippen LogP contribution is 2.24. The topological polar surface area (TPSA) is 108 Å². The van der Waals surface area contributed by atoms with Crippen molar-refractivity contribution in [1.29, 1.82) is 0 Å². The van der Waals surface area contributed by atoms with E-state index in [4.69, 9.17) is 33.7 Å². The molecule has 2 rings (SSSR count). The molecule has 1 aliphatic rings. The van der Waals surface area contributed by atoms with Crippen molar-refractivity contribution in [3.63, 3.8) is 0 Å². The Bertz CT molecular complexity index is 646. The molecule has 0 spiro atoms. The average Bonchev–Trinajstić information content (AvgIpc) is 3.20. The largest absolute Gasteiger partial charge is 0.471 e. The molecular formula is C17H21Cl2FN2O5. The number of nitrogens with one attached hydrogen (secondary N) is 1. The van der Waals surface area contributed by atoms with E-state index in [2.05, 4.69) is 26.9 Å². The molecule has 1 aromatic rings. The second-order valence-corrected chi connectivity index (χ2v) is 5.88. The van der Waals surface area contributed by atoms with Crippen LogP contribution < -0.4 is 11.1 Å². The van der Waals surface area contributed by atoms with Crippen LogP contribution in [0.5, 0.6) is 0 Å². The lowest BCUT2D eigenvalue weighted by atomic mass is 10.2. The zero-order valence-electron chi connectivity index (χ0n) is 14.8. The predicted octanol–water partition coefficient (Wildman–Crippen LogP) is 3.25. The predicted molar refractivity (Wildman–Crippen MR) is 101 cm³/mol. The Balaban J connectivity index is 0.000000613. The summed E-state index contributed by atoms with van der Waals surface area (Å²) in [7, 11) is 2.16. The van der Waals surface area contributed by atoms with Crippen LogP contribution in [0, 0.1) is 0 Å². The molecule has 2 amide bonds. The van der Waals surface area contributed by atoms with Gasteiger partial charge in [0, 0.05) is 22.8 Å². The molecule has 0 saturated carbocycles. The quantitative estimate of drug-likeness (QED) is 0.430. The number of carbonyl (C=O) groups excluding carboxylic acids is 3. The SMILES string of the molecule is C1=CCCC1.COC(F)(C(N)=O)C(=O)Nc1cc(Cl)cc(Cl)c1.COC=O. The number of halogens is 3. The van der Waals surface area contributed by atoms with E-state index in [1.807, 2.05) is 0 Å². The van der Waals surface area contributed by atoms with Gasteiger partial charge in [0.15, 0.2) is 0 Å². The second kappa shape index (κ2) is 13.1. The van der Waals surface area contributed by atoms with Gasteiger partial charge in [-0.05, 0) is 37.5 Å². The van der Waals surface area contributed by atoms with Crippen LogP contribution in [0.3, 0.4) is 0 Å². The van der Waals surface area contributed by atoms with Crippen LogP contribution >= 0.6 is 23.2 Å². The molecule has 0 saturated heterocycles. The van der Waals surface area contributed by atoms with Gasteiger partial charge in [0.1, 0.15) is 0 Å². The van der Waals surface area contributed by atoms with Gasteiger partial charge in [0.25, 0.3) is 18.3 Å². The number of rotatable bonds is 5. The Morgan fingerprint density at radius 2 is 1.67 bits per heavy atom. The Morgan fingerprint density at radius 1 is 1.19 bits per heavy atom. The second-order valence-electron chi connectivity index (χ2n) is 5.01. The first-order chi connectivity index (χ1) is 12.7. The van der Waals surface area contributed by atoms with Crippen molar-refractivity contribution < 1.29 is 28.2 Å². The van der Waals surface area contributed by atoms with E-state index in [9.17, 15) is 14.0 Å². The summed E-state index contributed by atoms with van der Waals surface area (Å²) in [6.07, 6.45) is 8.50. The number of alkyl halides is 1. The smallest absolute Gasteiger partial charge is 0.367 e. The molecule has 1 atom stereocenters. The number of allylic oxidation sites excluding steroid dienone is 2. The monoisotopic (exact) mass is 422 g/mol. The minimum absolute atomic E-state index is 0.109. The fraction of sp³-hybridized carbons (Fsp3) is 0.353. The average molecular weight is 423 g/mol. The molecule has 27 heavy (non-hydrogen) atoms. The van der Waals surface area contributed by atoms with E-state index in [1.165, 1.54) is 44.6 Å². The Hall–Kier alpha value is -2.16. The third-order valence-corrected chi connectivity index (χ3v) is 3.45. The van der Waals surface area contributed by atoms with Crippen LogP contribution in [-0.2, 0) is 23.9 Å². The lowest BCUT2D eigenvalue weighted by Crippen LogP contribution is -2.51. The number of amides is 2. The summed E-state index contributed by atoms with van der Waals surface area (Å²) in [5, 5.41) is 2.56. The fourth-order valence-electron chi connectivity index (χ4n) is 1.73. The molecule has 0 aliphatic heterocycles. The molecule has 0 bridgehead atoms. The van der Waals surface area contributed by atoms with Crippen LogP contribution in [0.1, 0.15) is 19.3 Å². The number of anilines is 1. The maximum Gasteiger partial charge on any atom is 0.367 e. The molecule has 7 nitrogen and oxygen atoms in total. The molecule has 0 radical (unpaired) electrons. The van der Waals surface area contributed by atoms with Crippen molar-refractivity contribution >= 4 is 47.2 Å². The highest BCUT2D eigenvalue weighted by molar-refractivity contribution is 6.35. The third kappa shape index (κ3) is 9.37. The van der Waals surface area contributed by atoms with Gasteiger partial charge in [-0.3, -0.25) is 14.4 Å². The summed E-state index contributed by atoms with van der Waals surface area (Å²) in [6.45, 7) is 0.375. The lowest BCUT2D eigenvalue weighted by Gasteiger charge is -2.18. The molecule has 3 N–H and O–H groups in total. The summed E-state index contributed by atoms with van der Waals surface area (Å²) in [6, 6.07) is 4.07. The molecule has 0 heterocycles. The van der Waals surface area contributed by atoms with Gasteiger partial charge >= 0.3 is 5.85 Å². The number of carbonyl (C=O) groups is 3. The van der Waals surface area contributed by atoms with E-state index in [1.54, 1.807) is 0 Å². The molecule has 150 valence electrons. The van der Waals surface area contributed by atoms with Crippen molar-refractivity contribution in [3.05, 3.63) is 40.4 Å². The van der Waals surface area contributed by atoms with Crippen LogP contribution in [0.2, 0.25) is 10.0 Å². The van der Waals surface area contributed by atoms with Gasteiger partial charge < -0.3 is 20.5 Å². The Labute approximate surface area is 166 Å². The van der Waals surface area contributed by atoms with E-state index >= 15 is 0 Å². The van der Waals surface area contributed by atoms with Crippen LogP contribution in [0.25, 0.3) is 0 Å². The molecule has 1 aromatic carbocycles. The third-order valence-electron chi connectivity index (χ3n) is 3.02. The number of primary amides is 1. The molecule has 1 unspecified atom stereocenters. The maximum atomic E-state index is 13.7. The van der Waals surface area contributed by atoms with Crippen LogP contribution in [0.15, 0.2) is 30.4 Å². The Kier molecular flexibility index (Phi) is 12.0. The fourth-order valence-corrected chi connectivity index (χ4v) is 2.26. The first-order valence-corrected chi connectivity index (χ1v) is 8.39. The number of ether oxygens (including phenoxy) is 2. The normalized spacial score (nSPS) is 13.8. The summed E-state index contributed by atoms with van der Waals surface area (Å²) < 4.78 is 21.8. The van der Waals surface area contributed by atoms with E-state index < -0.39 is 17.7 Å². The zero-order chi connectivity index (χ0) is 20.9. The number of methoxy groups -OCH3 is 2. The molecule has 10 heteroatoms. The van der Waals surface area contributed by atoms with Crippen molar-refractivity contribution in [2.75, 3.05) is 19.5 Å². The van der Waals surface area contributed by atoms with Gasteiger partial charge in [-0.1, -0.05) is 35.4 Å². The molecular weight excluding hydrogens is 402 g/mol. The van der Waals surface area contributed by atoms with Gasteiger partial charge in [0.2, 0.25) is 0 Å². The maximum absolute atomic E-state index is 13.7. The standard InChI is InChI=1S/C10H9Cl2FN2O3.C5H8.C2H4O2/c1-18-10(13,8(14)16)9(17)15-7-3-5(11)2-6(12)4-7;1-2-4-5-3-1;1-4-2-3/h2-4H,1H3,(H2,14,16)(H,15,17);1-2H,3-5H2;2H,1H3.